The molecular formula is C21H24N6O2. The van der Waals surface area contributed by atoms with Crippen molar-refractivity contribution in [2.75, 3.05) is 12.4 Å². The fourth-order valence-corrected chi connectivity index (χ4v) is 4.01. The highest BCUT2D eigenvalue weighted by molar-refractivity contribution is 5.97. The summed E-state index contributed by atoms with van der Waals surface area (Å²) in [7, 11) is -2.66. The van der Waals surface area contributed by atoms with Gasteiger partial charge < -0.3 is 24.5 Å². The van der Waals surface area contributed by atoms with Crippen molar-refractivity contribution in [2.45, 2.75) is 44.2 Å². The Balaban J connectivity index is 1.54. The van der Waals surface area contributed by atoms with Crippen molar-refractivity contribution in [1.29, 1.82) is 0 Å². The Morgan fingerprint density at radius 1 is 1.34 bits per heavy atom. The van der Waals surface area contributed by atoms with Crippen LogP contribution in [0.4, 0.5) is 5.95 Å². The van der Waals surface area contributed by atoms with Crippen molar-refractivity contribution in [3.8, 4) is 17.0 Å². The molecule has 0 radical (unpaired) electrons. The number of aromatic nitrogens is 5. The van der Waals surface area contributed by atoms with Crippen LogP contribution in [0.25, 0.3) is 27.8 Å². The third-order valence-electron chi connectivity index (χ3n) is 5.69. The van der Waals surface area contributed by atoms with E-state index < -0.39 is 12.6 Å². The summed E-state index contributed by atoms with van der Waals surface area (Å²) in [5, 5.41) is 14.0. The topological polar surface area (TPSA) is 100 Å². The zero-order valence-corrected chi connectivity index (χ0v) is 16.0. The minimum Gasteiger partial charge on any atom is -0.480 e. The molecule has 5 rings (SSSR count). The summed E-state index contributed by atoms with van der Waals surface area (Å²) in [5.74, 6) is 0.282. The lowest BCUT2D eigenvalue weighted by Gasteiger charge is -2.33. The van der Waals surface area contributed by atoms with Gasteiger partial charge in [-0.2, -0.15) is 9.97 Å². The summed E-state index contributed by atoms with van der Waals surface area (Å²) in [6.45, 7) is 1.84. The molecule has 1 aliphatic carbocycles. The van der Waals surface area contributed by atoms with Gasteiger partial charge in [-0.05, 0) is 44.7 Å². The van der Waals surface area contributed by atoms with Crippen molar-refractivity contribution in [2.24, 2.45) is 0 Å². The Labute approximate surface area is 172 Å². The first kappa shape index (κ1) is 14.8. The number of nitrogens with one attached hydrogen (secondary N) is 2. The summed E-state index contributed by atoms with van der Waals surface area (Å²) < 4.78 is 30.0. The molecule has 4 aromatic heterocycles. The molecule has 0 atom stereocenters. The van der Waals surface area contributed by atoms with Crippen molar-refractivity contribution < 1.29 is 14.0 Å². The van der Waals surface area contributed by atoms with Gasteiger partial charge in [-0.15, -0.1) is 0 Å². The second kappa shape index (κ2) is 6.73. The third-order valence-corrected chi connectivity index (χ3v) is 5.69. The van der Waals surface area contributed by atoms with Crippen LogP contribution < -0.4 is 10.1 Å². The molecule has 0 unspecified atom stereocenters. The number of fused-ring (bicyclic) bond motifs is 2. The summed E-state index contributed by atoms with van der Waals surface area (Å²) in [5.41, 5.74) is 2.21. The van der Waals surface area contributed by atoms with Crippen LogP contribution in [0.5, 0.6) is 5.88 Å². The van der Waals surface area contributed by atoms with Gasteiger partial charge in [0.15, 0.2) is 0 Å². The summed E-state index contributed by atoms with van der Waals surface area (Å²) in [6.07, 6.45) is 10.1. The number of imidazole rings is 1. The van der Waals surface area contributed by atoms with Crippen LogP contribution in [0.2, 0.25) is 0 Å². The van der Waals surface area contributed by atoms with Gasteiger partial charge in [-0.25, -0.2) is 4.98 Å². The molecule has 150 valence electrons. The molecule has 4 aromatic rings. The van der Waals surface area contributed by atoms with E-state index in [4.69, 9.17) is 8.85 Å². The van der Waals surface area contributed by atoms with Crippen LogP contribution in [0.3, 0.4) is 0 Å². The smallest absolute Gasteiger partial charge is 0.228 e. The molecule has 0 aliphatic heterocycles. The van der Waals surface area contributed by atoms with E-state index in [0.717, 1.165) is 29.6 Å². The largest absolute Gasteiger partial charge is 0.480 e. The molecule has 8 heteroatoms. The van der Waals surface area contributed by atoms with E-state index in [1.54, 1.807) is 12.4 Å². The van der Waals surface area contributed by atoms with E-state index in [1.807, 2.05) is 35.9 Å². The Bertz CT molecular complexity index is 1270. The fourth-order valence-electron chi connectivity index (χ4n) is 4.01. The van der Waals surface area contributed by atoms with Gasteiger partial charge in [0.25, 0.3) is 0 Å². The second-order valence-corrected chi connectivity index (χ2v) is 7.91. The number of anilines is 1. The maximum absolute atomic E-state index is 10.2. The van der Waals surface area contributed by atoms with Crippen molar-refractivity contribution in [3.05, 3.63) is 36.9 Å². The first-order valence-electron chi connectivity index (χ1n) is 11.2. The highest BCUT2D eigenvalue weighted by Gasteiger charge is 2.29. The maximum Gasteiger partial charge on any atom is 0.228 e. The number of methoxy groups -OCH3 is 1. The summed E-state index contributed by atoms with van der Waals surface area (Å²) >= 11 is 0. The van der Waals surface area contributed by atoms with E-state index in [0.29, 0.717) is 29.8 Å². The van der Waals surface area contributed by atoms with E-state index in [9.17, 15) is 5.11 Å². The van der Waals surface area contributed by atoms with Crippen molar-refractivity contribution >= 4 is 22.6 Å². The Morgan fingerprint density at radius 2 is 2.21 bits per heavy atom. The SMILES string of the molecule is [2H]C([2H])([2H])Oc1nc(NC2CCC(C)(O)CC2)nc2[nH]cc(-c3ccc4nccn4c3)c12. The van der Waals surface area contributed by atoms with Crippen molar-refractivity contribution in [3.63, 3.8) is 0 Å². The number of rotatable bonds is 4. The Morgan fingerprint density at radius 3 is 3.03 bits per heavy atom. The molecule has 3 N–H and O–H groups in total. The summed E-state index contributed by atoms with van der Waals surface area (Å²) in [6, 6.07) is 3.88. The minimum absolute atomic E-state index is 0.0118. The average Bonchev–Trinajstić information content (AvgIpc) is 3.34. The quantitative estimate of drug-likeness (QED) is 0.490. The predicted molar refractivity (Wildman–Crippen MR) is 111 cm³/mol. The number of aliphatic hydroxyl groups is 1. The number of ether oxygens (including phenoxy) is 1. The van der Waals surface area contributed by atoms with Crippen LogP contribution in [-0.4, -0.2) is 48.1 Å². The standard InChI is InChI=1S/C21H24N6O2/c1-21(28)7-5-14(6-8-21)24-20-25-18-17(19(26-20)29-2)15(11-23-18)13-3-4-16-22-9-10-27(16)12-13/h3-4,9-12,14,28H,5-8H2,1-2H3,(H2,23,24,25,26)/i2D3. The molecule has 8 nitrogen and oxygen atoms in total. The van der Waals surface area contributed by atoms with Crippen LogP contribution >= 0.6 is 0 Å². The molecule has 0 saturated heterocycles. The molecule has 1 saturated carbocycles. The molecule has 0 spiro atoms. The summed E-state index contributed by atoms with van der Waals surface area (Å²) in [4.78, 5) is 16.4. The molecule has 0 bridgehead atoms. The molecule has 0 amide bonds. The van der Waals surface area contributed by atoms with Crippen LogP contribution in [-0.2, 0) is 0 Å². The predicted octanol–water partition coefficient (Wildman–Crippen LogP) is 3.39. The fraction of sp³-hybridized carbons (Fsp3) is 0.381. The number of hydrogen-bond donors (Lipinski definition) is 3. The van der Waals surface area contributed by atoms with E-state index in [1.165, 1.54) is 0 Å². The van der Waals surface area contributed by atoms with E-state index >= 15 is 0 Å². The number of nitrogens with zero attached hydrogens (tertiary/aromatic N) is 4. The second-order valence-electron chi connectivity index (χ2n) is 7.91. The number of aromatic amines is 1. The van der Waals surface area contributed by atoms with Gasteiger partial charge in [-0.3, -0.25) is 0 Å². The van der Waals surface area contributed by atoms with Gasteiger partial charge in [0.05, 0.1) is 22.1 Å². The first-order valence-corrected chi connectivity index (χ1v) is 9.67. The Hall–Kier alpha value is -3.13. The zero-order chi connectivity index (χ0) is 22.5. The number of pyridine rings is 1. The van der Waals surface area contributed by atoms with Crippen molar-refractivity contribution in [1.82, 2.24) is 24.3 Å². The lowest BCUT2D eigenvalue weighted by molar-refractivity contribution is 0.0195. The van der Waals surface area contributed by atoms with Crippen LogP contribution in [0, 0.1) is 0 Å². The highest BCUT2D eigenvalue weighted by atomic mass is 16.5. The van der Waals surface area contributed by atoms with Crippen LogP contribution in [0.1, 0.15) is 36.7 Å². The minimum atomic E-state index is -2.66. The number of hydrogen-bond acceptors (Lipinski definition) is 6. The van der Waals surface area contributed by atoms with Gasteiger partial charge in [-0.1, -0.05) is 0 Å². The third kappa shape index (κ3) is 3.29. The zero-order valence-electron chi connectivity index (χ0n) is 19.0. The van der Waals surface area contributed by atoms with Gasteiger partial charge in [0.1, 0.15) is 11.3 Å². The molecular weight excluding hydrogens is 368 g/mol. The average molecular weight is 395 g/mol. The molecule has 1 aliphatic rings. The molecule has 0 aromatic carbocycles. The molecule has 1 fully saturated rings. The lowest BCUT2D eigenvalue weighted by Crippen LogP contribution is -2.36. The number of H-pyrrole nitrogens is 1. The lowest BCUT2D eigenvalue weighted by atomic mass is 9.84. The molecule has 29 heavy (non-hydrogen) atoms. The van der Waals surface area contributed by atoms with E-state index in [2.05, 4.69) is 25.3 Å². The highest BCUT2D eigenvalue weighted by Crippen LogP contribution is 2.35. The maximum atomic E-state index is 10.2. The van der Waals surface area contributed by atoms with Crippen LogP contribution in [0.15, 0.2) is 36.9 Å². The van der Waals surface area contributed by atoms with Gasteiger partial charge in [0, 0.05) is 42.0 Å². The normalized spacial score (nSPS) is 24.2. The Kier molecular flexibility index (Phi) is 3.44. The first-order chi connectivity index (χ1) is 15.2. The monoisotopic (exact) mass is 395 g/mol. The van der Waals surface area contributed by atoms with Gasteiger partial charge in [0.2, 0.25) is 11.8 Å². The van der Waals surface area contributed by atoms with Gasteiger partial charge >= 0.3 is 0 Å². The van der Waals surface area contributed by atoms with E-state index in [-0.39, 0.29) is 11.9 Å². The molecule has 4 heterocycles.